The van der Waals surface area contributed by atoms with Gasteiger partial charge >= 0.3 is 0 Å². The Morgan fingerprint density at radius 1 is 1.42 bits per heavy atom. The Labute approximate surface area is 125 Å². The first-order chi connectivity index (χ1) is 9.11. The quantitative estimate of drug-likeness (QED) is 0.811. The van der Waals surface area contributed by atoms with E-state index in [2.05, 4.69) is 12.2 Å². The summed E-state index contributed by atoms with van der Waals surface area (Å²) in [6.45, 7) is 2.26. The van der Waals surface area contributed by atoms with E-state index >= 15 is 0 Å². The molecular weight excluding hydrogens is 276 g/mol. The molecule has 0 heterocycles. The van der Waals surface area contributed by atoms with E-state index in [1.807, 2.05) is 18.2 Å². The summed E-state index contributed by atoms with van der Waals surface area (Å²) >= 11 is 11.1. The molecule has 104 valence electrons. The molecule has 1 fully saturated rings. The molecule has 1 aromatic rings. The van der Waals surface area contributed by atoms with Crippen LogP contribution in [-0.4, -0.2) is 11.0 Å². The van der Waals surface area contributed by atoms with Crippen LogP contribution >= 0.6 is 23.8 Å². The van der Waals surface area contributed by atoms with Crippen molar-refractivity contribution in [3.8, 4) is 0 Å². The van der Waals surface area contributed by atoms with E-state index in [9.17, 15) is 0 Å². The molecular formula is C15H21ClN2S. The number of hydrogen-bond acceptors (Lipinski definition) is 2. The topological polar surface area (TPSA) is 38.0 Å². The molecule has 2 atom stereocenters. The van der Waals surface area contributed by atoms with Crippen molar-refractivity contribution in [3.05, 3.63) is 28.8 Å². The summed E-state index contributed by atoms with van der Waals surface area (Å²) < 4.78 is 0. The molecule has 1 aromatic carbocycles. The zero-order valence-corrected chi connectivity index (χ0v) is 12.9. The fourth-order valence-electron chi connectivity index (χ4n) is 2.93. The summed E-state index contributed by atoms with van der Waals surface area (Å²) in [6, 6.07) is 6.23. The third-order valence-corrected chi connectivity index (χ3v) is 4.48. The second-order valence-electron chi connectivity index (χ2n) is 5.26. The molecule has 1 aliphatic rings. The molecule has 0 aromatic heterocycles. The zero-order chi connectivity index (χ0) is 13.8. The second kappa shape index (κ2) is 6.58. The minimum atomic E-state index is 0.397. The first-order valence-electron chi connectivity index (χ1n) is 6.97. The maximum absolute atomic E-state index is 6.02. The third-order valence-electron chi connectivity index (χ3n) is 4.02. The average Bonchev–Trinajstić information content (AvgIpc) is 2.41. The van der Waals surface area contributed by atoms with E-state index in [0.717, 1.165) is 17.2 Å². The number of thiocarbonyl (C=S) groups is 1. The van der Waals surface area contributed by atoms with Gasteiger partial charge in [-0.1, -0.05) is 50.0 Å². The summed E-state index contributed by atoms with van der Waals surface area (Å²) in [7, 11) is 0. The summed E-state index contributed by atoms with van der Waals surface area (Å²) in [6.07, 6.45) is 6.39. The SMILES string of the molecule is CCC1CCCCC1Nc1ccc(Cl)cc1C(N)=S. The van der Waals surface area contributed by atoms with Gasteiger partial charge in [-0.25, -0.2) is 0 Å². The van der Waals surface area contributed by atoms with Gasteiger partial charge < -0.3 is 11.1 Å². The normalized spacial score (nSPS) is 23.1. The van der Waals surface area contributed by atoms with Gasteiger partial charge in [-0.15, -0.1) is 0 Å². The van der Waals surface area contributed by atoms with Crippen LogP contribution in [0.2, 0.25) is 5.02 Å². The van der Waals surface area contributed by atoms with Gasteiger partial charge in [0.05, 0.1) is 0 Å². The Morgan fingerprint density at radius 2 is 2.16 bits per heavy atom. The van der Waals surface area contributed by atoms with Crippen LogP contribution in [0.4, 0.5) is 5.69 Å². The number of nitrogens with two attached hydrogens (primary N) is 1. The molecule has 2 nitrogen and oxygen atoms in total. The van der Waals surface area contributed by atoms with Crippen LogP contribution in [0.1, 0.15) is 44.6 Å². The van der Waals surface area contributed by atoms with Gasteiger partial charge in [-0.3, -0.25) is 0 Å². The second-order valence-corrected chi connectivity index (χ2v) is 6.13. The van der Waals surface area contributed by atoms with Crippen LogP contribution in [0.5, 0.6) is 0 Å². The van der Waals surface area contributed by atoms with Gasteiger partial charge in [0.1, 0.15) is 4.99 Å². The van der Waals surface area contributed by atoms with Crippen LogP contribution < -0.4 is 11.1 Å². The highest BCUT2D eigenvalue weighted by Gasteiger charge is 2.24. The van der Waals surface area contributed by atoms with Gasteiger partial charge in [-0.2, -0.15) is 0 Å². The summed E-state index contributed by atoms with van der Waals surface area (Å²) in [5.74, 6) is 0.739. The van der Waals surface area contributed by atoms with Crippen LogP contribution in [0.3, 0.4) is 0 Å². The lowest BCUT2D eigenvalue weighted by molar-refractivity contribution is 0.317. The largest absolute Gasteiger partial charge is 0.389 e. The van der Waals surface area contributed by atoms with Crippen molar-refractivity contribution >= 4 is 34.5 Å². The Hall–Kier alpha value is -0.800. The minimum Gasteiger partial charge on any atom is -0.389 e. The molecule has 4 heteroatoms. The maximum atomic E-state index is 6.02. The molecule has 2 rings (SSSR count). The molecule has 19 heavy (non-hydrogen) atoms. The van der Waals surface area contributed by atoms with E-state index in [1.165, 1.54) is 32.1 Å². The van der Waals surface area contributed by atoms with E-state index in [4.69, 9.17) is 29.6 Å². The molecule has 1 saturated carbocycles. The minimum absolute atomic E-state index is 0.397. The van der Waals surface area contributed by atoms with Crippen molar-refractivity contribution in [2.75, 3.05) is 5.32 Å². The molecule has 0 radical (unpaired) electrons. The highest BCUT2D eigenvalue weighted by Crippen LogP contribution is 2.31. The number of hydrogen-bond donors (Lipinski definition) is 2. The summed E-state index contributed by atoms with van der Waals surface area (Å²) in [5.41, 5.74) is 7.65. The van der Waals surface area contributed by atoms with Crippen LogP contribution in [-0.2, 0) is 0 Å². The fourth-order valence-corrected chi connectivity index (χ4v) is 3.27. The highest BCUT2D eigenvalue weighted by molar-refractivity contribution is 7.80. The standard InChI is InChI=1S/C15H21ClN2S/c1-2-10-5-3-4-6-13(10)18-14-8-7-11(16)9-12(14)15(17)19/h7-10,13,18H,2-6H2,1H3,(H2,17,19). The molecule has 0 aliphatic heterocycles. The first kappa shape index (κ1) is 14.6. The van der Waals surface area contributed by atoms with Crippen molar-refractivity contribution in [2.45, 2.75) is 45.1 Å². The molecule has 0 saturated heterocycles. The number of anilines is 1. The first-order valence-corrected chi connectivity index (χ1v) is 7.76. The molecule has 0 spiro atoms. The Morgan fingerprint density at radius 3 is 2.84 bits per heavy atom. The monoisotopic (exact) mass is 296 g/mol. The van der Waals surface area contributed by atoms with Crippen molar-refractivity contribution in [2.24, 2.45) is 11.7 Å². The van der Waals surface area contributed by atoms with E-state index in [0.29, 0.717) is 16.1 Å². The van der Waals surface area contributed by atoms with Gasteiger partial charge in [0.25, 0.3) is 0 Å². The van der Waals surface area contributed by atoms with Crippen molar-refractivity contribution in [1.82, 2.24) is 0 Å². The lowest BCUT2D eigenvalue weighted by Crippen LogP contribution is -2.32. The van der Waals surface area contributed by atoms with E-state index < -0.39 is 0 Å². The van der Waals surface area contributed by atoms with Gasteiger partial charge in [0, 0.05) is 22.3 Å². The van der Waals surface area contributed by atoms with Crippen molar-refractivity contribution < 1.29 is 0 Å². The molecule has 0 amide bonds. The van der Waals surface area contributed by atoms with Gasteiger partial charge in [-0.05, 0) is 37.0 Å². The lowest BCUT2D eigenvalue weighted by atomic mass is 9.82. The molecule has 3 N–H and O–H groups in total. The fraction of sp³-hybridized carbons (Fsp3) is 0.533. The zero-order valence-electron chi connectivity index (χ0n) is 11.3. The Balaban J connectivity index is 2.20. The number of benzene rings is 1. The van der Waals surface area contributed by atoms with Crippen LogP contribution in [0.25, 0.3) is 0 Å². The van der Waals surface area contributed by atoms with Gasteiger partial charge in [0.2, 0.25) is 0 Å². The molecule has 0 bridgehead atoms. The van der Waals surface area contributed by atoms with Crippen molar-refractivity contribution in [3.63, 3.8) is 0 Å². The molecule has 1 aliphatic carbocycles. The number of nitrogens with one attached hydrogen (secondary N) is 1. The average molecular weight is 297 g/mol. The maximum Gasteiger partial charge on any atom is 0.106 e. The summed E-state index contributed by atoms with van der Waals surface area (Å²) in [5, 5.41) is 4.30. The predicted octanol–water partition coefficient (Wildman–Crippen LogP) is 4.35. The highest BCUT2D eigenvalue weighted by atomic mass is 35.5. The lowest BCUT2D eigenvalue weighted by Gasteiger charge is -2.33. The van der Waals surface area contributed by atoms with Gasteiger partial charge in [0.15, 0.2) is 0 Å². The predicted molar refractivity (Wildman–Crippen MR) is 87.0 cm³/mol. The number of rotatable bonds is 4. The smallest absolute Gasteiger partial charge is 0.106 e. The van der Waals surface area contributed by atoms with Crippen LogP contribution in [0.15, 0.2) is 18.2 Å². The Bertz CT molecular complexity index is 461. The van der Waals surface area contributed by atoms with Crippen molar-refractivity contribution in [1.29, 1.82) is 0 Å². The van der Waals surface area contributed by atoms with E-state index in [-0.39, 0.29) is 0 Å². The summed E-state index contributed by atoms with van der Waals surface area (Å²) in [4.78, 5) is 0.397. The van der Waals surface area contributed by atoms with Crippen LogP contribution in [0, 0.1) is 5.92 Å². The number of halogens is 1. The molecule has 2 unspecified atom stereocenters. The van der Waals surface area contributed by atoms with E-state index in [1.54, 1.807) is 0 Å². The third kappa shape index (κ3) is 3.61. The Kier molecular flexibility index (Phi) is 5.06.